The van der Waals surface area contributed by atoms with Gasteiger partial charge in [0.25, 0.3) is 5.91 Å². The topological polar surface area (TPSA) is 54.7 Å². The van der Waals surface area contributed by atoms with E-state index < -0.39 is 0 Å². The Balaban J connectivity index is 1.79. The molecule has 0 atom stereocenters. The molecule has 0 saturated heterocycles. The molecule has 0 aliphatic carbocycles. The Morgan fingerprint density at radius 2 is 2.09 bits per heavy atom. The van der Waals surface area contributed by atoms with Gasteiger partial charge in [-0.1, -0.05) is 12.1 Å². The molecule has 0 radical (unpaired) electrons. The van der Waals surface area contributed by atoms with Gasteiger partial charge >= 0.3 is 0 Å². The second-order valence-corrected chi connectivity index (χ2v) is 5.78. The molecule has 0 saturated carbocycles. The maximum atomic E-state index is 12.0. The number of benzene rings is 1. The summed E-state index contributed by atoms with van der Waals surface area (Å²) < 4.78 is 11.2. The summed E-state index contributed by atoms with van der Waals surface area (Å²) in [5.74, 6) is 1.55. The molecular weight excluding hydrogens is 292 g/mol. The van der Waals surface area contributed by atoms with E-state index in [9.17, 15) is 4.79 Å². The van der Waals surface area contributed by atoms with Crippen LogP contribution in [0.4, 0.5) is 0 Å². The number of amides is 1. The Hall–Kier alpha value is -2.27. The molecule has 0 spiro atoms. The molecular formula is C18H24N2O3. The van der Waals surface area contributed by atoms with Crippen LogP contribution in [-0.2, 0) is 6.61 Å². The fourth-order valence-corrected chi connectivity index (χ4v) is 2.12. The molecule has 1 aromatic heterocycles. The zero-order valence-electron chi connectivity index (χ0n) is 14.0. The minimum absolute atomic E-state index is 0.189. The van der Waals surface area contributed by atoms with Gasteiger partial charge in [-0.15, -0.1) is 0 Å². The first-order chi connectivity index (χ1) is 11.0. The van der Waals surface area contributed by atoms with Gasteiger partial charge in [0.1, 0.15) is 18.1 Å². The predicted molar refractivity (Wildman–Crippen MR) is 89.7 cm³/mol. The second kappa shape index (κ2) is 8.39. The van der Waals surface area contributed by atoms with Gasteiger partial charge in [-0.25, -0.2) is 0 Å². The van der Waals surface area contributed by atoms with Crippen LogP contribution in [0.2, 0.25) is 0 Å². The van der Waals surface area contributed by atoms with Crippen LogP contribution in [0, 0.1) is 6.92 Å². The molecule has 1 amide bonds. The molecule has 0 aliphatic heterocycles. The Morgan fingerprint density at radius 3 is 2.83 bits per heavy atom. The highest BCUT2D eigenvalue weighted by Crippen LogP contribution is 2.15. The summed E-state index contributed by atoms with van der Waals surface area (Å²) in [6, 6.07) is 11.3. The van der Waals surface area contributed by atoms with Crippen LogP contribution in [0.1, 0.15) is 28.3 Å². The van der Waals surface area contributed by atoms with E-state index in [-0.39, 0.29) is 5.91 Å². The molecule has 124 valence electrons. The minimum atomic E-state index is -0.189. The molecule has 0 bridgehead atoms. The average Bonchev–Trinajstić information content (AvgIpc) is 2.98. The molecule has 2 aromatic rings. The predicted octanol–water partition coefficient (Wildman–Crippen LogP) is 2.85. The SMILES string of the molecule is Cc1cccc(OCc2ccc(C(=O)NCCCN(C)C)o2)c1. The number of aryl methyl sites for hydroxylation is 1. The summed E-state index contributed by atoms with van der Waals surface area (Å²) in [6.45, 7) is 3.89. The zero-order chi connectivity index (χ0) is 16.7. The van der Waals surface area contributed by atoms with Crippen LogP contribution in [-0.4, -0.2) is 38.0 Å². The summed E-state index contributed by atoms with van der Waals surface area (Å²) in [5, 5.41) is 2.85. The van der Waals surface area contributed by atoms with E-state index >= 15 is 0 Å². The molecule has 1 aromatic carbocycles. The summed E-state index contributed by atoms with van der Waals surface area (Å²) in [7, 11) is 4.02. The normalized spacial score (nSPS) is 10.8. The van der Waals surface area contributed by atoms with Crippen molar-refractivity contribution in [1.29, 1.82) is 0 Å². The van der Waals surface area contributed by atoms with Gasteiger partial charge in [-0.05, 0) is 63.8 Å². The molecule has 5 nitrogen and oxygen atoms in total. The van der Waals surface area contributed by atoms with E-state index in [4.69, 9.17) is 9.15 Å². The summed E-state index contributed by atoms with van der Waals surface area (Å²) >= 11 is 0. The van der Waals surface area contributed by atoms with E-state index in [0.29, 0.717) is 24.7 Å². The first-order valence-corrected chi connectivity index (χ1v) is 7.75. The number of nitrogens with one attached hydrogen (secondary N) is 1. The van der Waals surface area contributed by atoms with E-state index in [1.807, 2.05) is 45.3 Å². The second-order valence-electron chi connectivity index (χ2n) is 5.78. The van der Waals surface area contributed by atoms with Crippen LogP contribution in [0.25, 0.3) is 0 Å². The molecule has 1 heterocycles. The lowest BCUT2D eigenvalue weighted by atomic mass is 10.2. The Labute approximate surface area is 137 Å². The van der Waals surface area contributed by atoms with E-state index in [1.54, 1.807) is 12.1 Å². The number of carbonyl (C=O) groups is 1. The molecule has 23 heavy (non-hydrogen) atoms. The maximum absolute atomic E-state index is 12.0. The third kappa shape index (κ3) is 5.79. The fourth-order valence-electron chi connectivity index (χ4n) is 2.12. The highest BCUT2D eigenvalue weighted by Gasteiger charge is 2.11. The third-order valence-electron chi connectivity index (χ3n) is 3.32. The number of ether oxygens (including phenoxy) is 1. The maximum Gasteiger partial charge on any atom is 0.286 e. The smallest absolute Gasteiger partial charge is 0.286 e. The van der Waals surface area contributed by atoms with Crippen molar-refractivity contribution in [2.45, 2.75) is 20.0 Å². The number of carbonyl (C=O) groups excluding carboxylic acids is 1. The van der Waals surface area contributed by atoms with Crippen LogP contribution in [0.3, 0.4) is 0 Å². The van der Waals surface area contributed by atoms with Gasteiger partial charge in [0, 0.05) is 6.54 Å². The van der Waals surface area contributed by atoms with Crippen molar-refractivity contribution in [2.24, 2.45) is 0 Å². The van der Waals surface area contributed by atoms with Crippen LogP contribution >= 0.6 is 0 Å². The number of nitrogens with zero attached hydrogens (tertiary/aromatic N) is 1. The molecule has 1 N–H and O–H groups in total. The minimum Gasteiger partial charge on any atom is -0.486 e. The van der Waals surface area contributed by atoms with E-state index in [1.165, 1.54) is 0 Å². The molecule has 0 unspecified atom stereocenters. The van der Waals surface area contributed by atoms with Crippen LogP contribution < -0.4 is 10.1 Å². The van der Waals surface area contributed by atoms with E-state index in [0.717, 1.165) is 24.3 Å². The van der Waals surface area contributed by atoms with Gasteiger partial charge in [0.2, 0.25) is 0 Å². The molecule has 5 heteroatoms. The van der Waals surface area contributed by atoms with Crippen LogP contribution in [0.15, 0.2) is 40.8 Å². The molecule has 0 aliphatic rings. The van der Waals surface area contributed by atoms with Gasteiger partial charge in [0.15, 0.2) is 5.76 Å². The van der Waals surface area contributed by atoms with Crippen molar-refractivity contribution in [3.8, 4) is 5.75 Å². The van der Waals surface area contributed by atoms with Crippen molar-refractivity contribution in [3.05, 3.63) is 53.5 Å². The standard InChI is InChI=1S/C18H24N2O3/c1-14-6-4-7-15(12-14)22-13-16-8-9-17(23-16)18(21)19-10-5-11-20(2)3/h4,6-9,12H,5,10-11,13H2,1-3H3,(H,19,21). The first kappa shape index (κ1) is 17.1. The highest BCUT2D eigenvalue weighted by atomic mass is 16.5. The number of rotatable bonds is 8. The van der Waals surface area contributed by atoms with E-state index in [2.05, 4.69) is 10.2 Å². The fraction of sp³-hybridized carbons (Fsp3) is 0.389. The number of hydrogen-bond donors (Lipinski definition) is 1. The average molecular weight is 316 g/mol. The van der Waals surface area contributed by atoms with Crippen molar-refractivity contribution < 1.29 is 13.9 Å². The van der Waals surface area contributed by atoms with Crippen molar-refractivity contribution in [1.82, 2.24) is 10.2 Å². The molecule has 0 fully saturated rings. The van der Waals surface area contributed by atoms with Crippen LogP contribution in [0.5, 0.6) is 5.75 Å². The monoisotopic (exact) mass is 316 g/mol. The Bertz CT molecular complexity index is 635. The Kier molecular flexibility index (Phi) is 6.23. The highest BCUT2D eigenvalue weighted by molar-refractivity contribution is 5.91. The van der Waals surface area contributed by atoms with Crippen molar-refractivity contribution in [3.63, 3.8) is 0 Å². The summed E-state index contributed by atoms with van der Waals surface area (Å²) in [5.41, 5.74) is 1.14. The van der Waals surface area contributed by atoms with Gasteiger partial charge < -0.3 is 19.4 Å². The van der Waals surface area contributed by atoms with Gasteiger partial charge in [-0.2, -0.15) is 0 Å². The largest absolute Gasteiger partial charge is 0.486 e. The van der Waals surface area contributed by atoms with Gasteiger partial charge in [-0.3, -0.25) is 4.79 Å². The van der Waals surface area contributed by atoms with Gasteiger partial charge in [0.05, 0.1) is 0 Å². The van der Waals surface area contributed by atoms with Crippen molar-refractivity contribution >= 4 is 5.91 Å². The lowest BCUT2D eigenvalue weighted by molar-refractivity contribution is 0.0920. The first-order valence-electron chi connectivity index (χ1n) is 7.75. The zero-order valence-corrected chi connectivity index (χ0v) is 14.0. The van der Waals surface area contributed by atoms with Crippen molar-refractivity contribution in [2.75, 3.05) is 27.2 Å². The molecule has 2 rings (SSSR count). The lowest BCUT2D eigenvalue weighted by Crippen LogP contribution is -2.26. The number of hydrogen-bond acceptors (Lipinski definition) is 4. The quantitative estimate of drug-likeness (QED) is 0.761. The number of furan rings is 1. The summed E-state index contributed by atoms with van der Waals surface area (Å²) in [6.07, 6.45) is 0.906. The summed E-state index contributed by atoms with van der Waals surface area (Å²) in [4.78, 5) is 14.0. The lowest BCUT2D eigenvalue weighted by Gasteiger charge is -2.09. The third-order valence-corrected chi connectivity index (χ3v) is 3.32. The Morgan fingerprint density at radius 1 is 1.26 bits per heavy atom.